The summed E-state index contributed by atoms with van der Waals surface area (Å²) >= 11 is 6.27. The summed E-state index contributed by atoms with van der Waals surface area (Å²) in [5.41, 5.74) is 0.919. The van der Waals surface area contributed by atoms with Crippen LogP contribution in [0.15, 0.2) is 12.1 Å². The van der Waals surface area contributed by atoms with Crippen molar-refractivity contribution in [3.05, 3.63) is 22.7 Å². The molecule has 2 aliphatic carbocycles. The van der Waals surface area contributed by atoms with Crippen LogP contribution in [-0.4, -0.2) is 19.6 Å². The van der Waals surface area contributed by atoms with Crippen molar-refractivity contribution in [2.75, 3.05) is 13.7 Å². The van der Waals surface area contributed by atoms with Gasteiger partial charge in [-0.3, -0.25) is 4.79 Å². The highest BCUT2D eigenvalue weighted by Crippen LogP contribution is 2.50. The zero-order chi connectivity index (χ0) is 17.1. The fourth-order valence-corrected chi connectivity index (χ4v) is 3.70. The molecule has 2 aliphatic rings. The van der Waals surface area contributed by atoms with Crippen LogP contribution in [-0.2, 0) is 11.3 Å². The van der Waals surface area contributed by atoms with Crippen LogP contribution in [0.1, 0.15) is 44.6 Å². The van der Waals surface area contributed by atoms with Gasteiger partial charge in [0.15, 0.2) is 11.5 Å². The molecule has 0 unspecified atom stereocenters. The number of carbonyl (C=O) groups is 1. The summed E-state index contributed by atoms with van der Waals surface area (Å²) in [6.07, 6.45) is 5.89. The Morgan fingerprint density at radius 2 is 1.96 bits per heavy atom. The summed E-state index contributed by atoms with van der Waals surface area (Å²) in [7, 11) is 1.59. The van der Waals surface area contributed by atoms with Gasteiger partial charge < -0.3 is 14.8 Å². The quantitative estimate of drug-likeness (QED) is 0.725. The molecule has 0 heterocycles. The molecule has 24 heavy (non-hydrogen) atoms. The highest BCUT2D eigenvalue weighted by Gasteiger charge is 2.42. The lowest BCUT2D eigenvalue weighted by Crippen LogP contribution is -2.26. The van der Waals surface area contributed by atoms with Crippen molar-refractivity contribution in [2.45, 2.75) is 45.6 Å². The van der Waals surface area contributed by atoms with E-state index in [0.29, 0.717) is 42.0 Å². The van der Waals surface area contributed by atoms with Gasteiger partial charge in [-0.2, -0.15) is 0 Å². The summed E-state index contributed by atoms with van der Waals surface area (Å²) in [6, 6.07) is 3.70. The molecule has 2 saturated carbocycles. The third-order valence-electron chi connectivity index (χ3n) is 4.94. The molecule has 132 valence electrons. The van der Waals surface area contributed by atoms with E-state index < -0.39 is 0 Å². The Morgan fingerprint density at radius 3 is 2.50 bits per heavy atom. The van der Waals surface area contributed by atoms with Gasteiger partial charge in [0.1, 0.15) is 0 Å². The van der Waals surface area contributed by atoms with E-state index in [1.165, 1.54) is 25.7 Å². The van der Waals surface area contributed by atoms with Crippen molar-refractivity contribution in [2.24, 2.45) is 17.8 Å². The standard InChI is InChI=1S/C19H26ClNO3/c1-3-24-19-16(20)8-12(9-17(19)23-2)11-21-18(22)10-15(13-4-5-13)14-6-7-14/h8-9,13-15H,3-7,10-11H2,1-2H3,(H,21,22). The van der Waals surface area contributed by atoms with E-state index in [4.69, 9.17) is 21.1 Å². The zero-order valence-electron chi connectivity index (χ0n) is 14.4. The van der Waals surface area contributed by atoms with E-state index in [9.17, 15) is 4.79 Å². The Labute approximate surface area is 148 Å². The van der Waals surface area contributed by atoms with Gasteiger partial charge in [-0.25, -0.2) is 0 Å². The molecular weight excluding hydrogens is 326 g/mol. The molecule has 3 rings (SSSR count). The highest BCUT2D eigenvalue weighted by atomic mass is 35.5. The van der Waals surface area contributed by atoms with Gasteiger partial charge in [-0.15, -0.1) is 0 Å². The number of benzene rings is 1. The Kier molecular flexibility index (Phi) is 5.54. The molecule has 0 atom stereocenters. The number of halogens is 1. The van der Waals surface area contributed by atoms with Gasteiger partial charge in [0, 0.05) is 13.0 Å². The molecule has 0 radical (unpaired) electrons. The fraction of sp³-hybridized carbons (Fsp3) is 0.632. The average Bonchev–Trinajstić information content (AvgIpc) is 3.46. The Balaban J connectivity index is 1.57. The maximum atomic E-state index is 12.3. The molecule has 1 aromatic carbocycles. The number of hydrogen-bond acceptors (Lipinski definition) is 3. The summed E-state index contributed by atoms with van der Waals surface area (Å²) in [6.45, 7) is 2.89. The molecule has 2 fully saturated rings. The van der Waals surface area contributed by atoms with E-state index >= 15 is 0 Å². The van der Waals surface area contributed by atoms with Gasteiger partial charge >= 0.3 is 0 Å². The average molecular weight is 352 g/mol. The molecule has 0 bridgehead atoms. The van der Waals surface area contributed by atoms with Crippen molar-refractivity contribution in [3.8, 4) is 11.5 Å². The number of amides is 1. The summed E-state index contributed by atoms with van der Waals surface area (Å²) in [5, 5.41) is 3.54. The number of ether oxygens (including phenoxy) is 2. The predicted molar refractivity (Wildman–Crippen MR) is 94.6 cm³/mol. The van der Waals surface area contributed by atoms with Crippen LogP contribution < -0.4 is 14.8 Å². The topological polar surface area (TPSA) is 47.6 Å². The minimum Gasteiger partial charge on any atom is -0.493 e. The van der Waals surface area contributed by atoms with Crippen molar-refractivity contribution in [1.29, 1.82) is 0 Å². The van der Waals surface area contributed by atoms with Gasteiger partial charge in [0.2, 0.25) is 5.91 Å². The lowest BCUT2D eigenvalue weighted by molar-refractivity contribution is -0.122. The summed E-state index contributed by atoms with van der Waals surface area (Å²) in [4.78, 5) is 12.3. The highest BCUT2D eigenvalue weighted by molar-refractivity contribution is 6.32. The van der Waals surface area contributed by atoms with E-state index in [2.05, 4.69) is 5.32 Å². The first-order chi connectivity index (χ1) is 11.6. The van der Waals surface area contributed by atoms with Gasteiger partial charge in [0.05, 0.1) is 18.7 Å². The van der Waals surface area contributed by atoms with Crippen molar-refractivity contribution in [3.63, 3.8) is 0 Å². The summed E-state index contributed by atoms with van der Waals surface area (Å²) < 4.78 is 10.9. The van der Waals surface area contributed by atoms with E-state index in [0.717, 1.165) is 17.4 Å². The first-order valence-corrected chi connectivity index (χ1v) is 9.26. The second-order valence-electron chi connectivity index (χ2n) is 6.86. The first-order valence-electron chi connectivity index (χ1n) is 8.88. The molecule has 5 heteroatoms. The van der Waals surface area contributed by atoms with Crippen molar-refractivity contribution in [1.82, 2.24) is 5.32 Å². The van der Waals surface area contributed by atoms with Crippen LogP contribution in [0, 0.1) is 17.8 Å². The third-order valence-corrected chi connectivity index (χ3v) is 5.22. The van der Waals surface area contributed by atoms with E-state index in [1.807, 2.05) is 19.1 Å². The minimum atomic E-state index is 0.141. The predicted octanol–water partition coefficient (Wildman–Crippen LogP) is 4.19. The SMILES string of the molecule is CCOc1c(Cl)cc(CNC(=O)CC(C2CC2)C2CC2)cc1OC. The number of hydrogen-bond donors (Lipinski definition) is 1. The molecule has 0 aromatic heterocycles. The second kappa shape index (κ2) is 7.64. The Bertz CT molecular complexity index is 585. The molecule has 0 aliphatic heterocycles. The monoisotopic (exact) mass is 351 g/mol. The fourth-order valence-electron chi connectivity index (χ4n) is 3.41. The number of carbonyl (C=O) groups excluding carboxylic acids is 1. The largest absolute Gasteiger partial charge is 0.493 e. The second-order valence-corrected chi connectivity index (χ2v) is 7.27. The smallest absolute Gasteiger partial charge is 0.220 e. The molecule has 1 N–H and O–H groups in total. The Hall–Kier alpha value is -1.42. The maximum absolute atomic E-state index is 12.3. The first kappa shape index (κ1) is 17.4. The minimum absolute atomic E-state index is 0.141. The zero-order valence-corrected chi connectivity index (χ0v) is 15.2. The molecular formula is C19H26ClNO3. The van der Waals surface area contributed by atoms with Crippen LogP contribution in [0.3, 0.4) is 0 Å². The molecule has 1 amide bonds. The van der Waals surface area contributed by atoms with Crippen LogP contribution in [0.2, 0.25) is 5.02 Å². The lowest BCUT2D eigenvalue weighted by atomic mass is 9.94. The van der Waals surface area contributed by atoms with Gasteiger partial charge in [-0.05, 0) is 68.1 Å². The van der Waals surface area contributed by atoms with Gasteiger partial charge in [-0.1, -0.05) is 11.6 Å². The molecule has 1 aromatic rings. The van der Waals surface area contributed by atoms with Gasteiger partial charge in [0.25, 0.3) is 0 Å². The number of rotatable bonds is 9. The molecule has 0 saturated heterocycles. The molecule has 4 nitrogen and oxygen atoms in total. The normalized spacial score (nSPS) is 17.0. The van der Waals surface area contributed by atoms with Crippen LogP contribution in [0.25, 0.3) is 0 Å². The maximum Gasteiger partial charge on any atom is 0.220 e. The number of methoxy groups -OCH3 is 1. The van der Waals surface area contributed by atoms with Crippen molar-refractivity contribution < 1.29 is 14.3 Å². The van der Waals surface area contributed by atoms with Crippen molar-refractivity contribution >= 4 is 17.5 Å². The molecule has 0 spiro atoms. The van der Waals surface area contributed by atoms with Crippen LogP contribution in [0.4, 0.5) is 0 Å². The third kappa shape index (κ3) is 4.35. The summed E-state index contributed by atoms with van der Waals surface area (Å²) in [5.74, 6) is 3.49. The van der Waals surface area contributed by atoms with Crippen LogP contribution in [0.5, 0.6) is 11.5 Å². The van der Waals surface area contributed by atoms with Crippen LogP contribution >= 0.6 is 11.6 Å². The Morgan fingerprint density at radius 1 is 1.29 bits per heavy atom. The number of nitrogens with one attached hydrogen (secondary N) is 1. The van der Waals surface area contributed by atoms with E-state index in [1.54, 1.807) is 7.11 Å². The van der Waals surface area contributed by atoms with E-state index in [-0.39, 0.29) is 5.91 Å². The lowest BCUT2D eigenvalue weighted by Gasteiger charge is -2.16.